The lowest BCUT2D eigenvalue weighted by atomic mass is 10.1. The molecule has 2 unspecified atom stereocenters. The summed E-state index contributed by atoms with van der Waals surface area (Å²) in [6, 6.07) is 0.267. The van der Waals surface area contributed by atoms with Crippen molar-refractivity contribution in [2.45, 2.75) is 45.4 Å². The molecule has 1 fully saturated rings. The van der Waals surface area contributed by atoms with Gasteiger partial charge in [0, 0.05) is 31.4 Å². The fourth-order valence-electron chi connectivity index (χ4n) is 2.51. The van der Waals surface area contributed by atoms with E-state index in [0.717, 1.165) is 31.8 Å². The number of imidazole rings is 1. The van der Waals surface area contributed by atoms with Gasteiger partial charge in [0.25, 0.3) is 0 Å². The molecule has 0 radical (unpaired) electrons. The predicted octanol–water partition coefficient (Wildman–Crippen LogP) is 1.23. The van der Waals surface area contributed by atoms with Crippen LogP contribution in [0.5, 0.6) is 0 Å². The first-order chi connectivity index (χ1) is 9.35. The van der Waals surface area contributed by atoms with Crippen molar-refractivity contribution in [2.24, 2.45) is 0 Å². The first kappa shape index (κ1) is 14.5. The monoisotopic (exact) mass is 267 g/mol. The van der Waals surface area contributed by atoms with Crippen LogP contribution in [0.1, 0.15) is 26.1 Å². The van der Waals surface area contributed by atoms with Crippen molar-refractivity contribution >= 4 is 0 Å². The predicted molar refractivity (Wildman–Crippen MR) is 74.2 cm³/mol. The number of nitrogens with zero attached hydrogens (tertiary/aromatic N) is 2. The largest absolute Gasteiger partial charge is 0.376 e. The van der Waals surface area contributed by atoms with Crippen LogP contribution in [-0.2, 0) is 22.4 Å². The third kappa shape index (κ3) is 4.03. The van der Waals surface area contributed by atoms with Gasteiger partial charge in [-0.2, -0.15) is 0 Å². The summed E-state index contributed by atoms with van der Waals surface area (Å²) in [6.45, 7) is 8.33. The second-order valence-electron chi connectivity index (χ2n) is 4.89. The quantitative estimate of drug-likeness (QED) is 0.807. The lowest BCUT2D eigenvalue weighted by molar-refractivity contribution is -0.101. The van der Waals surface area contributed by atoms with Crippen LogP contribution in [0.25, 0.3) is 0 Å². The average molecular weight is 267 g/mol. The molecule has 5 heteroatoms. The van der Waals surface area contributed by atoms with Gasteiger partial charge in [-0.1, -0.05) is 13.8 Å². The summed E-state index contributed by atoms with van der Waals surface area (Å²) in [7, 11) is 0. The fraction of sp³-hybridized carbons (Fsp3) is 0.786. The van der Waals surface area contributed by atoms with Crippen LogP contribution in [0.3, 0.4) is 0 Å². The van der Waals surface area contributed by atoms with E-state index < -0.39 is 0 Å². The smallest absolute Gasteiger partial charge is 0.110 e. The van der Waals surface area contributed by atoms with Gasteiger partial charge in [0.2, 0.25) is 0 Å². The van der Waals surface area contributed by atoms with Crippen molar-refractivity contribution in [3.63, 3.8) is 0 Å². The van der Waals surface area contributed by atoms with Crippen LogP contribution in [0.2, 0.25) is 0 Å². The van der Waals surface area contributed by atoms with E-state index in [0.29, 0.717) is 19.8 Å². The van der Waals surface area contributed by atoms with Gasteiger partial charge in [0.1, 0.15) is 5.82 Å². The topological polar surface area (TPSA) is 48.3 Å². The highest BCUT2D eigenvalue weighted by atomic mass is 16.6. The summed E-state index contributed by atoms with van der Waals surface area (Å²) in [6.07, 6.45) is 6.07. The SMILES string of the molecule is CCCn1ccnc1CC(NCC)C1COCCO1. The summed E-state index contributed by atoms with van der Waals surface area (Å²) in [5, 5.41) is 3.50. The summed E-state index contributed by atoms with van der Waals surface area (Å²) in [4.78, 5) is 4.48. The summed E-state index contributed by atoms with van der Waals surface area (Å²) >= 11 is 0. The van der Waals surface area contributed by atoms with E-state index in [2.05, 4.69) is 34.9 Å². The van der Waals surface area contributed by atoms with E-state index in [1.165, 1.54) is 0 Å². The van der Waals surface area contributed by atoms with Crippen molar-refractivity contribution in [1.29, 1.82) is 0 Å². The molecule has 19 heavy (non-hydrogen) atoms. The number of rotatable bonds is 7. The fourth-order valence-corrected chi connectivity index (χ4v) is 2.51. The molecule has 1 aliphatic rings. The lowest BCUT2D eigenvalue weighted by Crippen LogP contribution is -2.48. The molecule has 2 heterocycles. The maximum atomic E-state index is 5.82. The molecule has 0 spiro atoms. The average Bonchev–Trinajstić information content (AvgIpc) is 2.87. The van der Waals surface area contributed by atoms with Crippen molar-refractivity contribution in [3.8, 4) is 0 Å². The molecular weight excluding hydrogens is 242 g/mol. The first-order valence-electron chi connectivity index (χ1n) is 7.27. The third-order valence-electron chi connectivity index (χ3n) is 3.43. The minimum absolute atomic E-state index is 0.125. The van der Waals surface area contributed by atoms with E-state index in [9.17, 15) is 0 Å². The van der Waals surface area contributed by atoms with Crippen molar-refractivity contribution in [1.82, 2.24) is 14.9 Å². The Bertz CT molecular complexity index is 361. The van der Waals surface area contributed by atoms with Crippen molar-refractivity contribution in [3.05, 3.63) is 18.2 Å². The molecular formula is C14H25N3O2. The van der Waals surface area contributed by atoms with Crippen molar-refractivity contribution < 1.29 is 9.47 Å². The van der Waals surface area contributed by atoms with Gasteiger partial charge >= 0.3 is 0 Å². The molecule has 0 bridgehead atoms. The Hall–Kier alpha value is -0.910. The number of likely N-dealkylation sites (N-methyl/N-ethyl adjacent to an activating group) is 1. The standard InChI is InChI=1S/C14H25N3O2/c1-3-6-17-7-5-16-14(17)10-12(15-4-2)13-11-18-8-9-19-13/h5,7,12-13,15H,3-4,6,8-11H2,1-2H3. The number of hydrogen-bond donors (Lipinski definition) is 1. The minimum atomic E-state index is 0.125. The molecule has 2 rings (SSSR count). The molecule has 5 nitrogen and oxygen atoms in total. The van der Waals surface area contributed by atoms with Gasteiger partial charge in [-0.05, 0) is 13.0 Å². The molecule has 2 atom stereocenters. The van der Waals surface area contributed by atoms with Crippen LogP contribution in [0.4, 0.5) is 0 Å². The molecule has 0 aliphatic carbocycles. The molecule has 0 aromatic carbocycles. The Balaban J connectivity index is 2.00. The Kier molecular flexibility index (Phi) is 5.82. The number of aromatic nitrogens is 2. The number of nitrogens with one attached hydrogen (secondary N) is 1. The van der Waals surface area contributed by atoms with E-state index in [4.69, 9.17) is 9.47 Å². The maximum absolute atomic E-state index is 5.82. The van der Waals surface area contributed by atoms with E-state index >= 15 is 0 Å². The highest BCUT2D eigenvalue weighted by Gasteiger charge is 2.25. The molecule has 1 aliphatic heterocycles. The Morgan fingerprint density at radius 1 is 1.47 bits per heavy atom. The second kappa shape index (κ2) is 7.62. The summed E-state index contributed by atoms with van der Waals surface area (Å²) < 4.78 is 13.6. The first-order valence-corrected chi connectivity index (χ1v) is 7.27. The molecule has 1 aromatic rings. The highest BCUT2D eigenvalue weighted by molar-refractivity contribution is 4.97. The van der Waals surface area contributed by atoms with Crippen LogP contribution in [-0.4, -0.2) is 48.1 Å². The van der Waals surface area contributed by atoms with E-state index in [1.54, 1.807) is 0 Å². The number of ether oxygens (including phenoxy) is 2. The molecule has 1 aromatic heterocycles. The highest BCUT2D eigenvalue weighted by Crippen LogP contribution is 2.11. The second-order valence-corrected chi connectivity index (χ2v) is 4.89. The van der Waals surface area contributed by atoms with Crippen LogP contribution < -0.4 is 5.32 Å². The zero-order valence-electron chi connectivity index (χ0n) is 12.0. The van der Waals surface area contributed by atoms with Gasteiger partial charge in [-0.3, -0.25) is 0 Å². The molecule has 108 valence electrons. The van der Waals surface area contributed by atoms with Crippen molar-refractivity contribution in [2.75, 3.05) is 26.4 Å². The van der Waals surface area contributed by atoms with Gasteiger partial charge < -0.3 is 19.4 Å². The van der Waals surface area contributed by atoms with Gasteiger partial charge in [-0.15, -0.1) is 0 Å². The minimum Gasteiger partial charge on any atom is -0.376 e. The normalized spacial score (nSPS) is 21.5. The molecule has 0 saturated carbocycles. The Morgan fingerprint density at radius 2 is 2.37 bits per heavy atom. The van der Waals surface area contributed by atoms with Crippen LogP contribution >= 0.6 is 0 Å². The third-order valence-corrected chi connectivity index (χ3v) is 3.43. The summed E-state index contributed by atoms with van der Waals surface area (Å²) in [5.74, 6) is 1.13. The van der Waals surface area contributed by atoms with E-state index in [1.807, 2.05) is 6.20 Å². The van der Waals surface area contributed by atoms with Gasteiger partial charge in [0.05, 0.1) is 25.9 Å². The zero-order valence-corrected chi connectivity index (χ0v) is 12.0. The number of hydrogen-bond acceptors (Lipinski definition) is 4. The van der Waals surface area contributed by atoms with Gasteiger partial charge in [0.15, 0.2) is 0 Å². The number of aryl methyl sites for hydroxylation is 1. The molecule has 1 N–H and O–H groups in total. The Morgan fingerprint density at radius 3 is 3.05 bits per heavy atom. The summed E-state index contributed by atoms with van der Waals surface area (Å²) in [5.41, 5.74) is 0. The maximum Gasteiger partial charge on any atom is 0.110 e. The Labute approximate surface area is 115 Å². The van der Waals surface area contributed by atoms with Gasteiger partial charge in [-0.25, -0.2) is 4.98 Å². The lowest BCUT2D eigenvalue weighted by Gasteiger charge is -2.31. The van der Waals surface area contributed by atoms with Crippen LogP contribution in [0, 0.1) is 0 Å². The molecule has 1 saturated heterocycles. The molecule has 0 amide bonds. The zero-order chi connectivity index (χ0) is 13.5. The van der Waals surface area contributed by atoms with E-state index in [-0.39, 0.29) is 12.1 Å². The van der Waals surface area contributed by atoms with Crippen LogP contribution in [0.15, 0.2) is 12.4 Å².